The van der Waals surface area contributed by atoms with Gasteiger partial charge in [-0.3, -0.25) is 0 Å². The van der Waals surface area contributed by atoms with Crippen LogP contribution in [0.1, 0.15) is 57.6 Å². The van der Waals surface area contributed by atoms with Crippen LogP contribution in [0.15, 0.2) is 47.5 Å². The molecule has 3 aromatic rings. The molecular formula is C28H34ClN5OS-2. The first-order valence-corrected chi connectivity index (χ1v) is 13.8. The molecule has 1 aliphatic rings. The van der Waals surface area contributed by atoms with E-state index in [0.717, 1.165) is 42.3 Å². The molecule has 192 valence electrons. The minimum absolute atomic E-state index is 0.0224. The van der Waals surface area contributed by atoms with Crippen molar-refractivity contribution in [3.63, 3.8) is 0 Å². The van der Waals surface area contributed by atoms with Crippen molar-refractivity contribution in [3.05, 3.63) is 69.4 Å². The van der Waals surface area contributed by atoms with E-state index >= 15 is 0 Å². The van der Waals surface area contributed by atoms with Crippen molar-refractivity contribution < 1.29 is 4.74 Å². The van der Waals surface area contributed by atoms with Crippen molar-refractivity contribution >= 4 is 46.5 Å². The summed E-state index contributed by atoms with van der Waals surface area (Å²) in [5, 5.41) is 13.8. The van der Waals surface area contributed by atoms with Crippen molar-refractivity contribution in [2.24, 2.45) is 0 Å². The number of aryl methyl sites for hydroxylation is 1. The topological polar surface area (TPSA) is 75.2 Å². The van der Waals surface area contributed by atoms with Gasteiger partial charge in [0.15, 0.2) is 0 Å². The minimum Gasteiger partial charge on any atom is -0.490 e. The number of nitrogens with one attached hydrogen (secondary N) is 1. The number of hydrogen-bond acceptors (Lipinski definition) is 5. The van der Waals surface area contributed by atoms with E-state index in [-0.39, 0.29) is 6.10 Å². The van der Waals surface area contributed by atoms with Gasteiger partial charge in [0.05, 0.1) is 6.10 Å². The van der Waals surface area contributed by atoms with E-state index in [4.69, 9.17) is 27.0 Å². The molecule has 0 atom stereocenters. The summed E-state index contributed by atoms with van der Waals surface area (Å²) < 4.78 is 6.19. The average molecular weight is 524 g/mol. The Morgan fingerprint density at radius 3 is 2.53 bits per heavy atom. The monoisotopic (exact) mass is 523 g/mol. The predicted molar refractivity (Wildman–Crippen MR) is 152 cm³/mol. The van der Waals surface area contributed by atoms with E-state index in [2.05, 4.69) is 54.3 Å². The molecule has 1 aliphatic heterocycles. The molecule has 0 radical (unpaired) electrons. The molecule has 0 unspecified atom stereocenters. The van der Waals surface area contributed by atoms with Crippen LogP contribution in [-0.4, -0.2) is 34.4 Å². The molecule has 1 saturated heterocycles. The Labute approximate surface area is 224 Å². The highest BCUT2D eigenvalue weighted by molar-refractivity contribution is 8.00. The lowest BCUT2D eigenvalue weighted by atomic mass is 9.87. The molecule has 4 rings (SSSR count). The number of ether oxygens (including phenoxy) is 1. The summed E-state index contributed by atoms with van der Waals surface area (Å²) in [4.78, 5) is 10.0. The summed E-state index contributed by atoms with van der Waals surface area (Å²) in [7, 11) is 0. The summed E-state index contributed by atoms with van der Waals surface area (Å²) in [6.07, 6.45) is 3.83. The van der Waals surface area contributed by atoms with E-state index in [1.165, 1.54) is 11.1 Å². The fourth-order valence-corrected chi connectivity index (χ4v) is 5.34. The second-order valence-electron chi connectivity index (χ2n) is 9.57. The van der Waals surface area contributed by atoms with Crippen LogP contribution in [0.3, 0.4) is 0 Å². The zero-order chi connectivity index (χ0) is 25.7. The summed E-state index contributed by atoms with van der Waals surface area (Å²) in [5.41, 5.74) is 4.07. The number of aromatic nitrogens is 2. The second-order valence-corrected chi connectivity index (χ2v) is 11.6. The molecule has 1 N–H and O–H groups in total. The van der Waals surface area contributed by atoms with Crippen LogP contribution in [0, 0.1) is 6.92 Å². The van der Waals surface area contributed by atoms with Crippen LogP contribution in [0.5, 0.6) is 5.75 Å². The lowest BCUT2D eigenvalue weighted by Crippen LogP contribution is -2.27. The van der Waals surface area contributed by atoms with Crippen LogP contribution in [-0.2, 0) is 0 Å². The molecule has 1 aromatic heterocycles. The first-order chi connectivity index (χ1) is 17.3. The Bertz CT molecular complexity index is 1180. The van der Waals surface area contributed by atoms with Crippen LogP contribution in [0.25, 0.3) is 10.6 Å². The molecule has 0 spiro atoms. The molecule has 2 aromatic carbocycles. The lowest BCUT2D eigenvalue weighted by molar-refractivity contribution is 0.243. The summed E-state index contributed by atoms with van der Waals surface area (Å²) in [6.45, 7) is 12.6. The van der Waals surface area contributed by atoms with Gasteiger partial charge >= 0.3 is 0 Å². The van der Waals surface area contributed by atoms with Crippen LogP contribution in [0.4, 0.5) is 23.1 Å². The smallest absolute Gasteiger partial charge is 0.129 e. The number of para-hydroxylation sites is 1. The van der Waals surface area contributed by atoms with Gasteiger partial charge in [-0.1, -0.05) is 43.6 Å². The average Bonchev–Trinajstić information content (AvgIpc) is 2.84. The van der Waals surface area contributed by atoms with Crippen molar-refractivity contribution in [2.75, 3.05) is 13.1 Å². The van der Waals surface area contributed by atoms with Crippen LogP contribution in [0.2, 0.25) is 5.02 Å². The Balaban J connectivity index is 1.62. The maximum atomic E-state index is 6.44. The number of hydrogen-bond donors (Lipinski definition) is 1. The van der Waals surface area contributed by atoms with E-state index in [1.807, 2.05) is 32.0 Å². The Hall–Kier alpha value is -2.48. The maximum absolute atomic E-state index is 6.44. The van der Waals surface area contributed by atoms with E-state index in [9.17, 15) is 0 Å². The summed E-state index contributed by atoms with van der Waals surface area (Å²) in [5.74, 6) is 1.97. The lowest BCUT2D eigenvalue weighted by Gasteiger charge is -2.28. The number of nitrogens with zero attached hydrogens (tertiary/aromatic N) is 4. The van der Waals surface area contributed by atoms with Crippen molar-refractivity contribution in [2.45, 2.75) is 69.6 Å². The van der Waals surface area contributed by atoms with Crippen molar-refractivity contribution in [1.82, 2.24) is 15.3 Å². The van der Waals surface area contributed by atoms with Crippen molar-refractivity contribution in [3.8, 4) is 5.75 Å². The molecule has 0 saturated carbocycles. The number of halogens is 1. The van der Waals surface area contributed by atoms with Gasteiger partial charge < -0.3 is 30.7 Å². The van der Waals surface area contributed by atoms with Gasteiger partial charge in [0.25, 0.3) is 0 Å². The quantitative estimate of drug-likeness (QED) is 0.283. The van der Waals surface area contributed by atoms with Gasteiger partial charge in [-0.25, -0.2) is 0 Å². The maximum Gasteiger partial charge on any atom is 0.129 e. The SMILES string of the molecule is Cc1cc([N-]c2ncc(Cl)c([N-]c3ccccc3SC(C)C)n2)c(OC(C)C)cc1C1CCNCC1. The number of piperidine rings is 1. The Kier molecular flexibility index (Phi) is 8.99. The molecule has 2 heterocycles. The third-order valence-corrected chi connectivity index (χ3v) is 7.21. The number of thioether (sulfide) groups is 1. The summed E-state index contributed by atoms with van der Waals surface area (Å²) in [6, 6.07) is 12.2. The largest absolute Gasteiger partial charge is 0.490 e. The highest BCUT2D eigenvalue weighted by Gasteiger charge is 2.19. The van der Waals surface area contributed by atoms with Gasteiger partial charge in [-0.05, 0) is 106 Å². The number of benzene rings is 2. The highest BCUT2D eigenvalue weighted by Crippen LogP contribution is 2.45. The molecule has 1 fully saturated rings. The molecule has 0 bridgehead atoms. The standard InChI is InChI=1S/C28H34ClN5OS/c1-17(2)35-25-15-21(20-10-12-30-13-11-20)19(5)14-24(25)33-28-31-16-22(29)27(34-28)32-23-8-6-7-9-26(23)36-18(3)4/h6-9,14-18,20,30H,10-13H2,1-5H3/q-2. The molecule has 8 heteroatoms. The molecule has 0 aliphatic carbocycles. The van der Waals surface area contributed by atoms with Gasteiger partial charge in [-0.2, -0.15) is 0 Å². The summed E-state index contributed by atoms with van der Waals surface area (Å²) >= 11 is 8.20. The van der Waals surface area contributed by atoms with Gasteiger partial charge in [0, 0.05) is 20.9 Å². The molecule has 36 heavy (non-hydrogen) atoms. The zero-order valence-electron chi connectivity index (χ0n) is 21.6. The van der Waals surface area contributed by atoms with E-state index in [0.29, 0.717) is 33.6 Å². The predicted octanol–water partition coefficient (Wildman–Crippen LogP) is 8.87. The third-order valence-electron chi connectivity index (χ3n) is 5.88. The first-order valence-electron chi connectivity index (χ1n) is 12.5. The van der Waals surface area contributed by atoms with Gasteiger partial charge in [0.2, 0.25) is 0 Å². The third kappa shape index (κ3) is 6.84. The van der Waals surface area contributed by atoms with E-state index < -0.39 is 0 Å². The zero-order valence-corrected chi connectivity index (χ0v) is 23.2. The Morgan fingerprint density at radius 1 is 1.06 bits per heavy atom. The van der Waals surface area contributed by atoms with Gasteiger partial charge in [0.1, 0.15) is 5.75 Å². The normalized spacial score (nSPS) is 14.3. The van der Waals surface area contributed by atoms with Crippen molar-refractivity contribution in [1.29, 1.82) is 0 Å². The second kappa shape index (κ2) is 12.2. The molecule has 0 amide bonds. The van der Waals surface area contributed by atoms with Crippen LogP contribution < -0.4 is 10.1 Å². The Morgan fingerprint density at radius 2 is 1.81 bits per heavy atom. The number of rotatable bonds is 9. The van der Waals surface area contributed by atoms with E-state index in [1.54, 1.807) is 18.0 Å². The molecule has 6 nitrogen and oxygen atoms in total. The fraction of sp³-hybridized carbons (Fsp3) is 0.429. The minimum atomic E-state index is 0.0224. The highest BCUT2D eigenvalue weighted by atomic mass is 35.5. The van der Waals surface area contributed by atoms with Gasteiger partial charge in [-0.15, -0.1) is 11.8 Å². The molecular weight excluding hydrogens is 490 g/mol. The first kappa shape index (κ1) is 26.6. The van der Waals surface area contributed by atoms with Crippen LogP contribution >= 0.6 is 23.4 Å². The fourth-order valence-electron chi connectivity index (χ4n) is 4.30.